The molecular weight excluding hydrogens is 280 g/mol. The summed E-state index contributed by atoms with van der Waals surface area (Å²) in [5.74, 6) is 0.0128. The summed E-state index contributed by atoms with van der Waals surface area (Å²) >= 11 is 0. The first-order valence-electron chi connectivity index (χ1n) is 7.01. The third kappa shape index (κ3) is 4.02. The van der Waals surface area contributed by atoms with Gasteiger partial charge in [-0.3, -0.25) is 9.69 Å². The molecule has 1 amide bonds. The molecular formula is C13H22N2O4S. The molecule has 2 unspecified atom stereocenters. The first-order valence-corrected chi connectivity index (χ1v) is 8.83. The summed E-state index contributed by atoms with van der Waals surface area (Å²) in [4.78, 5) is 24.8. The summed E-state index contributed by atoms with van der Waals surface area (Å²) in [5, 5.41) is 2.84. The average Bonchev–Trinajstić information content (AvgIpc) is 2.63. The maximum Gasteiger partial charge on any atom is 0.234 e. The number of rotatable bonds is 4. The molecule has 0 saturated carbocycles. The number of amides is 1. The summed E-state index contributed by atoms with van der Waals surface area (Å²) in [5.41, 5.74) is -0.643. The van der Waals surface area contributed by atoms with Crippen LogP contribution in [0.2, 0.25) is 0 Å². The van der Waals surface area contributed by atoms with E-state index < -0.39 is 15.4 Å². The molecule has 0 bridgehead atoms. The topological polar surface area (TPSA) is 83.6 Å². The zero-order valence-corrected chi connectivity index (χ0v) is 12.6. The van der Waals surface area contributed by atoms with Gasteiger partial charge in [-0.15, -0.1) is 0 Å². The standard InChI is InChI=1S/C13H22N2O4S/c1-13(4-6-20(18,19)10-13)14-12(17)8-15-5-2-3-11(7-15)9-16/h9,11H,2-8,10H2,1H3,(H,14,17). The molecule has 6 nitrogen and oxygen atoms in total. The Morgan fingerprint density at radius 3 is 2.85 bits per heavy atom. The van der Waals surface area contributed by atoms with Gasteiger partial charge < -0.3 is 10.1 Å². The van der Waals surface area contributed by atoms with Gasteiger partial charge in [-0.25, -0.2) is 8.42 Å². The van der Waals surface area contributed by atoms with Gasteiger partial charge in [-0.05, 0) is 32.7 Å². The Bertz CT molecular complexity index is 491. The van der Waals surface area contributed by atoms with Crippen LogP contribution in [0.5, 0.6) is 0 Å². The van der Waals surface area contributed by atoms with Crippen molar-refractivity contribution in [2.24, 2.45) is 5.92 Å². The van der Waals surface area contributed by atoms with E-state index in [1.807, 2.05) is 4.90 Å². The fourth-order valence-corrected chi connectivity index (χ4v) is 5.13. The molecule has 2 aliphatic heterocycles. The maximum absolute atomic E-state index is 12.0. The zero-order chi connectivity index (χ0) is 14.8. The first kappa shape index (κ1) is 15.4. The fraction of sp³-hybridized carbons (Fsp3) is 0.846. The van der Waals surface area contributed by atoms with Gasteiger partial charge in [0.05, 0.1) is 23.6 Å². The van der Waals surface area contributed by atoms with Crippen LogP contribution in [0.25, 0.3) is 0 Å². The predicted molar refractivity (Wildman–Crippen MR) is 75.0 cm³/mol. The van der Waals surface area contributed by atoms with E-state index in [1.54, 1.807) is 6.92 Å². The highest BCUT2D eigenvalue weighted by Gasteiger charge is 2.39. The van der Waals surface area contributed by atoms with E-state index in [9.17, 15) is 18.0 Å². The van der Waals surface area contributed by atoms with E-state index >= 15 is 0 Å². The van der Waals surface area contributed by atoms with E-state index in [2.05, 4.69) is 5.32 Å². The van der Waals surface area contributed by atoms with Crippen molar-refractivity contribution in [3.8, 4) is 0 Å². The van der Waals surface area contributed by atoms with Crippen LogP contribution in [-0.2, 0) is 19.4 Å². The molecule has 1 N–H and O–H groups in total. The summed E-state index contributed by atoms with van der Waals surface area (Å²) in [6.07, 6.45) is 3.23. The smallest absolute Gasteiger partial charge is 0.234 e. The van der Waals surface area contributed by atoms with Crippen molar-refractivity contribution in [1.29, 1.82) is 0 Å². The highest BCUT2D eigenvalue weighted by Crippen LogP contribution is 2.23. The van der Waals surface area contributed by atoms with Crippen LogP contribution in [0, 0.1) is 5.92 Å². The Hall–Kier alpha value is -0.950. The number of carbonyl (C=O) groups is 2. The number of nitrogens with zero attached hydrogens (tertiary/aromatic N) is 1. The number of carbonyl (C=O) groups excluding carboxylic acids is 2. The number of likely N-dealkylation sites (tertiary alicyclic amines) is 1. The van der Waals surface area contributed by atoms with Crippen molar-refractivity contribution in [3.05, 3.63) is 0 Å². The second kappa shape index (κ2) is 5.81. The Morgan fingerprint density at radius 1 is 1.50 bits per heavy atom. The van der Waals surface area contributed by atoms with Crippen molar-refractivity contribution in [2.45, 2.75) is 31.7 Å². The van der Waals surface area contributed by atoms with Crippen LogP contribution < -0.4 is 5.32 Å². The van der Waals surface area contributed by atoms with Crippen molar-refractivity contribution < 1.29 is 18.0 Å². The van der Waals surface area contributed by atoms with Gasteiger partial charge in [0.2, 0.25) is 5.91 Å². The van der Waals surface area contributed by atoms with E-state index in [4.69, 9.17) is 0 Å². The van der Waals surface area contributed by atoms with E-state index in [-0.39, 0.29) is 29.9 Å². The lowest BCUT2D eigenvalue weighted by Gasteiger charge is -2.31. The highest BCUT2D eigenvalue weighted by molar-refractivity contribution is 7.91. The largest absolute Gasteiger partial charge is 0.349 e. The number of sulfone groups is 1. The summed E-state index contributed by atoms with van der Waals surface area (Å²) in [6, 6.07) is 0. The predicted octanol–water partition coefficient (Wildman–Crippen LogP) is -0.409. The van der Waals surface area contributed by atoms with Gasteiger partial charge in [0.25, 0.3) is 0 Å². The van der Waals surface area contributed by atoms with Crippen LogP contribution in [0.1, 0.15) is 26.2 Å². The molecule has 0 aromatic rings. The minimum absolute atomic E-state index is 0.0130. The number of hydrogen-bond donors (Lipinski definition) is 1. The van der Waals surface area contributed by atoms with Crippen molar-refractivity contribution in [2.75, 3.05) is 31.1 Å². The van der Waals surface area contributed by atoms with E-state index in [0.29, 0.717) is 13.0 Å². The van der Waals surface area contributed by atoms with Gasteiger partial charge in [0.1, 0.15) is 6.29 Å². The van der Waals surface area contributed by atoms with Crippen LogP contribution in [-0.4, -0.2) is 62.2 Å². The summed E-state index contributed by atoms with van der Waals surface area (Å²) in [6.45, 7) is 3.44. The van der Waals surface area contributed by atoms with Gasteiger partial charge in [0, 0.05) is 12.5 Å². The molecule has 0 radical (unpaired) electrons. The number of aldehydes is 1. The monoisotopic (exact) mass is 302 g/mol. The van der Waals surface area contributed by atoms with E-state index in [1.165, 1.54) is 0 Å². The summed E-state index contributed by atoms with van der Waals surface area (Å²) in [7, 11) is -3.02. The second-order valence-corrected chi connectivity index (χ2v) is 8.41. The quantitative estimate of drug-likeness (QED) is 0.714. The highest BCUT2D eigenvalue weighted by atomic mass is 32.2. The minimum atomic E-state index is -3.02. The minimum Gasteiger partial charge on any atom is -0.349 e. The molecule has 20 heavy (non-hydrogen) atoms. The van der Waals surface area contributed by atoms with Gasteiger partial charge in [0.15, 0.2) is 9.84 Å². The molecule has 0 spiro atoms. The first-order chi connectivity index (χ1) is 9.32. The average molecular weight is 302 g/mol. The lowest BCUT2D eigenvalue weighted by Crippen LogP contribution is -2.51. The van der Waals surface area contributed by atoms with E-state index in [0.717, 1.165) is 25.7 Å². The Balaban J connectivity index is 1.85. The lowest BCUT2D eigenvalue weighted by molar-refractivity contribution is -0.125. The van der Waals surface area contributed by atoms with Crippen LogP contribution in [0.3, 0.4) is 0 Å². The normalized spacial score (nSPS) is 33.8. The van der Waals surface area contributed by atoms with Gasteiger partial charge in [-0.2, -0.15) is 0 Å². The van der Waals surface area contributed by atoms with Crippen LogP contribution in [0.15, 0.2) is 0 Å². The molecule has 2 aliphatic rings. The Morgan fingerprint density at radius 2 is 2.25 bits per heavy atom. The number of piperidine rings is 1. The lowest BCUT2D eigenvalue weighted by atomic mass is 9.99. The summed E-state index contributed by atoms with van der Waals surface area (Å²) < 4.78 is 23.0. The third-order valence-corrected chi connectivity index (χ3v) is 5.95. The number of nitrogens with one attached hydrogen (secondary N) is 1. The number of hydrogen-bond acceptors (Lipinski definition) is 5. The van der Waals surface area contributed by atoms with Crippen LogP contribution >= 0.6 is 0 Å². The molecule has 2 heterocycles. The molecule has 0 aliphatic carbocycles. The molecule has 2 fully saturated rings. The molecule has 7 heteroatoms. The van der Waals surface area contributed by atoms with Gasteiger partial charge >= 0.3 is 0 Å². The molecule has 0 aromatic carbocycles. The maximum atomic E-state index is 12.0. The molecule has 2 atom stereocenters. The SMILES string of the molecule is CC1(NC(=O)CN2CCCC(C=O)C2)CCS(=O)(=O)C1. The van der Waals surface area contributed by atoms with Crippen molar-refractivity contribution in [1.82, 2.24) is 10.2 Å². The Kier molecular flexibility index (Phi) is 4.49. The van der Waals surface area contributed by atoms with Crippen LogP contribution in [0.4, 0.5) is 0 Å². The molecule has 114 valence electrons. The molecule has 2 rings (SSSR count). The van der Waals surface area contributed by atoms with Crippen molar-refractivity contribution in [3.63, 3.8) is 0 Å². The molecule has 2 saturated heterocycles. The Labute approximate surface area is 119 Å². The second-order valence-electron chi connectivity index (χ2n) is 6.22. The third-order valence-electron chi connectivity index (χ3n) is 4.05. The zero-order valence-electron chi connectivity index (χ0n) is 11.8. The fourth-order valence-electron chi connectivity index (χ4n) is 3.03. The van der Waals surface area contributed by atoms with Crippen molar-refractivity contribution >= 4 is 22.0 Å². The molecule has 0 aromatic heterocycles. The van der Waals surface area contributed by atoms with Gasteiger partial charge in [-0.1, -0.05) is 0 Å².